The van der Waals surface area contributed by atoms with Crippen LogP contribution in [0.3, 0.4) is 0 Å². The van der Waals surface area contributed by atoms with E-state index < -0.39 is 17.2 Å². The van der Waals surface area contributed by atoms with Gasteiger partial charge in [0.1, 0.15) is 11.6 Å². The lowest BCUT2D eigenvalue weighted by Crippen LogP contribution is -2.36. The van der Waals surface area contributed by atoms with Gasteiger partial charge in [-0.25, -0.2) is 8.78 Å². The third-order valence-corrected chi connectivity index (χ3v) is 3.37. The topological polar surface area (TPSA) is 26.0 Å². The summed E-state index contributed by atoms with van der Waals surface area (Å²) in [6, 6.07) is 11.5. The highest BCUT2D eigenvalue weighted by Crippen LogP contribution is 2.27. The molecule has 2 aromatic carbocycles. The quantitative estimate of drug-likeness (QED) is 0.896. The predicted octanol–water partition coefficient (Wildman–Crippen LogP) is 3.69. The van der Waals surface area contributed by atoms with Crippen LogP contribution < -0.4 is 5.73 Å². The van der Waals surface area contributed by atoms with Gasteiger partial charge in [0, 0.05) is 17.5 Å². The summed E-state index contributed by atoms with van der Waals surface area (Å²) in [5.41, 5.74) is 7.42. The molecule has 1 unspecified atom stereocenters. The number of hydrogen-bond acceptors (Lipinski definition) is 1. The summed E-state index contributed by atoms with van der Waals surface area (Å²) in [6.07, 6.45) is 0.121. The number of hydrogen-bond donors (Lipinski definition) is 1. The summed E-state index contributed by atoms with van der Waals surface area (Å²) < 4.78 is 27.4. The molecular formula is C16H17F2N. The van der Waals surface area contributed by atoms with Crippen molar-refractivity contribution >= 4 is 0 Å². The maximum atomic E-state index is 13.7. The Kier molecular flexibility index (Phi) is 3.67. The molecule has 0 aliphatic carbocycles. The third kappa shape index (κ3) is 2.82. The van der Waals surface area contributed by atoms with E-state index in [-0.39, 0.29) is 12.0 Å². The molecule has 0 spiro atoms. The Hall–Kier alpha value is -1.74. The van der Waals surface area contributed by atoms with Gasteiger partial charge in [-0.3, -0.25) is 0 Å². The molecule has 0 aromatic heterocycles. The van der Waals surface area contributed by atoms with Crippen LogP contribution in [0.25, 0.3) is 0 Å². The number of rotatable bonds is 3. The second kappa shape index (κ2) is 5.10. The lowest BCUT2D eigenvalue weighted by molar-refractivity contribution is 0.453. The van der Waals surface area contributed by atoms with E-state index in [1.807, 2.05) is 31.2 Å². The van der Waals surface area contributed by atoms with Crippen molar-refractivity contribution in [2.75, 3.05) is 0 Å². The Balaban J connectivity index is 2.39. The average molecular weight is 261 g/mol. The summed E-state index contributed by atoms with van der Waals surface area (Å²) in [7, 11) is 0. The Morgan fingerprint density at radius 3 is 2.16 bits per heavy atom. The van der Waals surface area contributed by atoms with Gasteiger partial charge in [0.2, 0.25) is 0 Å². The molecule has 0 aliphatic rings. The lowest BCUT2D eigenvalue weighted by Gasteiger charge is -2.27. The molecule has 1 atom stereocenters. The minimum Gasteiger partial charge on any atom is -0.321 e. The van der Waals surface area contributed by atoms with E-state index in [9.17, 15) is 8.78 Å². The molecule has 0 amide bonds. The molecule has 100 valence electrons. The maximum absolute atomic E-state index is 13.7. The fourth-order valence-electron chi connectivity index (χ4n) is 2.38. The highest BCUT2D eigenvalue weighted by Gasteiger charge is 2.26. The zero-order valence-electron chi connectivity index (χ0n) is 11.1. The monoisotopic (exact) mass is 261 g/mol. The van der Waals surface area contributed by atoms with Crippen LogP contribution in [0.15, 0.2) is 42.5 Å². The first-order chi connectivity index (χ1) is 8.92. The molecule has 3 heteroatoms. The summed E-state index contributed by atoms with van der Waals surface area (Å²) in [4.78, 5) is 0. The first-order valence-electron chi connectivity index (χ1n) is 6.20. The zero-order chi connectivity index (χ0) is 14.0. The van der Waals surface area contributed by atoms with Gasteiger partial charge >= 0.3 is 0 Å². The molecule has 2 N–H and O–H groups in total. The first-order valence-corrected chi connectivity index (χ1v) is 6.20. The Morgan fingerprint density at radius 2 is 1.58 bits per heavy atom. The Morgan fingerprint density at radius 1 is 1.00 bits per heavy atom. The molecule has 0 radical (unpaired) electrons. The van der Waals surface area contributed by atoms with Crippen molar-refractivity contribution in [3.05, 3.63) is 70.8 Å². The fourth-order valence-corrected chi connectivity index (χ4v) is 2.38. The van der Waals surface area contributed by atoms with Crippen LogP contribution in [0.5, 0.6) is 0 Å². The smallest absolute Gasteiger partial charge is 0.129 e. The van der Waals surface area contributed by atoms with Crippen LogP contribution in [-0.2, 0) is 12.0 Å². The highest BCUT2D eigenvalue weighted by molar-refractivity contribution is 5.34. The van der Waals surface area contributed by atoms with Crippen molar-refractivity contribution in [1.82, 2.24) is 0 Å². The fraction of sp³-hybridized carbons (Fsp3) is 0.250. The molecule has 0 saturated carbocycles. The molecule has 19 heavy (non-hydrogen) atoms. The van der Waals surface area contributed by atoms with Crippen LogP contribution >= 0.6 is 0 Å². The van der Waals surface area contributed by atoms with Crippen molar-refractivity contribution < 1.29 is 8.78 Å². The van der Waals surface area contributed by atoms with E-state index >= 15 is 0 Å². The number of aryl methyl sites for hydroxylation is 1. The molecule has 1 nitrogen and oxygen atoms in total. The second-order valence-corrected chi connectivity index (χ2v) is 5.11. The summed E-state index contributed by atoms with van der Waals surface area (Å²) >= 11 is 0. The zero-order valence-corrected chi connectivity index (χ0v) is 11.1. The van der Waals surface area contributed by atoms with Gasteiger partial charge in [0.05, 0.1) is 0 Å². The van der Waals surface area contributed by atoms with Crippen molar-refractivity contribution in [3.63, 3.8) is 0 Å². The van der Waals surface area contributed by atoms with Crippen LogP contribution in [0.2, 0.25) is 0 Å². The molecule has 0 saturated heterocycles. The number of halogens is 2. The van der Waals surface area contributed by atoms with Gasteiger partial charge in [-0.1, -0.05) is 30.3 Å². The molecule has 0 heterocycles. The van der Waals surface area contributed by atoms with Crippen molar-refractivity contribution in [3.8, 4) is 0 Å². The van der Waals surface area contributed by atoms with Crippen LogP contribution in [0, 0.1) is 18.6 Å². The van der Waals surface area contributed by atoms with E-state index in [0.29, 0.717) is 0 Å². The lowest BCUT2D eigenvalue weighted by atomic mass is 9.84. The Bertz CT molecular complexity index is 571. The summed E-state index contributed by atoms with van der Waals surface area (Å²) in [5, 5.41) is 0. The molecule has 2 rings (SSSR count). The van der Waals surface area contributed by atoms with E-state index in [1.165, 1.54) is 18.2 Å². The van der Waals surface area contributed by atoms with Gasteiger partial charge in [0.15, 0.2) is 0 Å². The third-order valence-electron chi connectivity index (χ3n) is 3.37. The van der Waals surface area contributed by atoms with Gasteiger partial charge in [0.25, 0.3) is 0 Å². The van der Waals surface area contributed by atoms with Gasteiger partial charge in [-0.05, 0) is 37.1 Å². The van der Waals surface area contributed by atoms with E-state index in [4.69, 9.17) is 5.73 Å². The van der Waals surface area contributed by atoms with E-state index in [2.05, 4.69) is 0 Å². The maximum Gasteiger partial charge on any atom is 0.129 e. The summed E-state index contributed by atoms with van der Waals surface area (Å²) in [5.74, 6) is -1.10. The van der Waals surface area contributed by atoms with Crippen LogP contribution in [0.1, 0.15) is 23.6 Å². The SMILES string of the molecule is Cc1ccccc1C(C)(N)Cc1c(F)cccc1F. The van der Waals surface area contributed by atoms with Gasteiger partial charge in [-0.15, -0.1) is 0 Å². The van der Waals surface area contributed by atoms with Crippen molar-refractivity contribution in [2.45, 2.75) is 25.8 Å². The van der Waals surface area contributed by atoms with Crippen molar-refractivity contribution in [1.29, 1.82) is 0 Å². The number of benzene rings is 2. The highest BCUT2D eigenvalue weighted by atomic mass is 19.1. The normalized spacial score (nSPS) is 14.2. The van der Waals surface area contributed by atoms with Crippen molar-refractivity contribution in [2.24, 2.45) is 5.73 Å². The molecule has 0 bridgehead atoms. The Labute approximate surface area is 112 Å². The summed E-state index contributed by atoms with van der Waals surface area (Å²) in [6.45, 7) is 3.74. The average Bonchev–Trinajstić information content (AvgIpc) is 2.34. The molecule has 0 fully saturated rings. The van der Waals surface area contributed by atoms with Crippen LogP contribution in [0.4, 0.5) is 8.78 Å². The largest absolute Gasteiger partial charge is 0.321 e. The standard InChI is InChI=1S/C16H17F2N/c1-11-6-3-4-7-13(11)16(2,19)10-12-14(17)8-5-9-15(12)18/h3-9H,10,19H2,1-2H3. The van der Waals surface area contributed by atoms with E-state index in [0.717, 1.165) is 11.1 Å². The molecule has 0 aliphatic heterocycles. The van der Waals surface area contributed by atoms with E-state index in [1.54, 1.807) is 6.92 Å². The predicted molar refractivity (Wildman–Crippen MR) is 72.8 cm³/mol. The number of nitrogens with two attached hydrogens (primary N) is 1. The molecular weight excluding hydrogens is 244 g/mol. The first kappa shape index (κ1) is 13.7. The van der Waals surface area contributed by atoms with Gasteiger partial charge < -0.3 is 5.73 Å². The minimum atomic E-state index is -0.811. The minimum absolute atomic E-state index is 0.0377. The van der Waals surface area contributed by atoms with Gasteiger partial charge in [-0.2, -0.15) is 0 Å². The molecule has 2 aromatic rings. The second-order valence-electron chi connectivity index (χ2n) is 5.11. The van der Waals surface area contributed by atoms with Crippen LogP contribution in [-0.4, -0.2) is 0 Å².